The van der Waals surface area contributed by atoms with Gasteiger partial charge in [0.2, 0.25) is 0 Å². The number of rotatable bonds is 2. The summed E-state index contributed by atoms with van der Waals surface area (Å²) in [5.74, 6) is 0. The van der Waals surface area contributed by atoms with E-state index in [4.69, 9.17) is 0 Å². The van der Waals surface area contributed by atoms with Gasteiger partial charge in [-0.25, -0.2) is 0 Å². The number of hydrogen-bond acceptors (Lipinski definition) is 0. The molecule has 4 aliphatic rings. The first-order chi connectivity index (χ1) is 10.6. The van der Waals surface area contributed by atoms with Crippen molar-refractivity contribution in [3.05, 3.63) is 62.7 Å². The van der Waals surface area contributed by atoms with Gasteiger partial charge in [0.1, 0.15) is 0 Å². The molecular formula is C20H28FeP2+2. The van der Waals surface area contributed by atoms with E-state index in [2.05, 4.69) is 79.1 Å². The molecule has 0 bridgehead atoms. The van der Waals surface area contributed by atoms with Crippen LogP contribution in [-0.4, -0.2) is 22.6 Å². The molecule has 0 N–H and O–H groups in total. The van der Waals surface area contributed by atoms with Crippen LogP contribution in [0.15, 0.2) is 0 Å². The molecule has 10 radical (unpaired) electrons. The minimum atomic E-state index is 0. The fourth-order valence-corrected chi connectivity index (χ4v) is 10.3. The topological polar surface area (TPSA) is 0 Å². The van der Waals surface area contributed by atoms with Gasteiger partial charge in [-0.05, 0) is 86.8 Å². The Kier molecular flexibility index (Phi) is 8.41. The van der Waals surface area contributed by atoms with Crippen molar-refractivity contribution in [3.8, 4) is 0 Å². The summed E-state index contributed by atoms with van der Waals surface area (Å²) in [6.45, 7) is 9.55. The third kappa shape index (κ3) is 4.76. The Morgan fingerprint density at radius 1 is 0.609 bits per heavy atom. The normalized spacial score (nSPS) is 39.1. The molecule has 0 nitrogen and oxygen atoms in total. The average molecular weight is 386 g/mol. The molecule has 0 aromatic rings. The van der Waals surface area contributed by atoms with Gasteiger partial charge in [0.25, 0.3) is 0 Å². The molecule has 2 heterocycles. The standard InChI is InChI=1S/2C10H14P.Fe/c2*1-8-7-9(2)11(8)10-5-3-4-6-10;/h2*3-6,8-9H,7H2,1-2H3;/q;;+2/t2*8-,9-;/m00./s1. The quantitative estimate of drug-likeness (QED) is 0.402. The molecule has 0 amide bonds. The molecule has 2 saturated heterocycles. The smallest absolute Gasteiger partial charge is 0.0929 e. The second-order valence-electron chi connectivity index (χ2n) is 6.97. The molecule has 0 unspecified atom stereocenters. The summed E-state index contributed by atoms with van der Waals surface area (Å²) in [7, 11) is 0.443. The zero-order valence-electron chi connectivity index (χ0n) is 14.6. The van der Waals surface area contributed by atoms with Crippen molar-refractivity contribution < 1.29 is 17.1 Å². The molecule has 3 heteroatoms. The van der Waals surface area contributed by atoms with Crippen molar-refractivity contribution in [1.29, 1.82) is 0 Å². The van der Waals surface area contributed by atoms with E-state index in [1.807, 2.05) is 0 Å². The van der Waals surface area contributed by atoms with Gasteiger partial charge in [0, 0.05) is 11.3 Å². The monoisotopic (exact) mass is 386 g/mol. The molecule has 124 valence electrons. The average Bonchev–Trinajstić information content (AvgIpc) is 3.13. The fraction of sp³-hybridized carbons (Fsp3) is 0.500. The van der Waals surface area contributed by atoms with Crippen molar-refractivity contribution in [1.82, 2.24) is 0 Å². The SMILES string of the molecule is C[C@H]1C[C@H](C)P1[C]1[CH][CH][CH][CH]1.C[C@H]1C[C@H](C)P1[C]1[CH][CH][CH][CH]1.[Fe+2]. The van der Waals surface area contributed by atoms with Gasteiger partial charge < -0.3 is 0 Å². The van der Waals surface area contributed by atoms with E-state index < -0.39 is 0 Å². The Morgan fingerprint density at radius 2 is 0.870 bits per heavy atom. The third-order valence-corrected chi connectivity index (χ3v) is 11.6. The third-order valence-electron chi connectivity index (χ3n) is 5.15. The Balaban J connectivity index is 0.000000160. The molecular weight excluding hydrogens is 358 g/mol. The van der Waals surface area contributed by atoms with Crippen LogP contribution in [0, 0.1) is 62.7 Å². The van der Waals surface area contributed by atoms with E-state index in [0.29, 0.717) is 0 Å². The van der Waals surface area contributed by atoms with Gasteiger partial charge >= 0.3 is 17.1 Å². The minimum Gasteiger partial charge on any atom is -0.0929 e. The van der Waals surface area contributed by atoms with E-state index in [1.165, 1.54) is 12.8 Å². The zero-order chi connectivity index (χ0) is 15.7. The van der Waals surface area contributed by atoms with Crippen molar-refractivity contribution in [3.63, 3.8) is 0 Å². The van der Waals surface area contributed by atoms with Crippen molar-refractivity contribution in [2.24, 2.45) is 0 Å². The second kappa shape index (κ2) is 9.35. The van der Waals surface area contributed by atoms with Crippen molar-refractivity contribution in [2.45, 2.75) is 63.2 Å². The Morgan fingerprint density at radius 3 is 1.09 bits per heavy atom. The Hall–Kier alpha value is 1.38. The van der Waals surface area contributed by atoms with Gasteiger partial charge in [-0.1, -0.05) is 43.5 Å². The molecule has 2 aliphatic heterocycles. The maximum Gasteiger partial charge on any atom is 2.00 e. The van der Waals surface area contributed by atoms with E-state index in [-0.39, 0.29) is 32.9 Å². The van der Waals surface area contributed by atoms with Crippen molar-refractivity contribution in [2.75, 3.05) is 0 Å². The van der Waals surface area contributed by atoms with Crippen LogP contribution in [-0.2, 0) is 17.1 Å². The van der Waals surface area contributed by atoms with Crippen LogP contribution in [0.2, 0.25) is 0 Å². The second-order valence-corrected chi connectivity index (χ2v) is 13.2. The van der Waals surface area contributed by atoms with Gasteiger partial charge in [-0.15, -0.1) is 0 Å². The number of hydrogen-bond donors (Lipinski definition) is 0. The first-order valence-electron chi connectivity index (χ1n) is 8.58. The maximum absolute atomic E-state index is 2.39. The van der Waals surface area contributed by atoms with Gasteiger partial charge in [0.05, 0.1) is 0 Å². The predicted molar refractivity (Wildman–Crippen MR) is 102 cm³/mol. The molecule has 0 aromatic heterocycles. The zero-order valence-corrected chi connectivity index (χ0v) is 17.5. The molecule has 4 fully saturated rings. The summed E-state index contributed by atoms with van der Waals surface area (Å²) < 4.78 is 0. The van der Waals surface area contributed by atoms with Crippen LogP contribution in [0.25, 0.3) is 0 Å². The molecule has 4 rings (SSSR count). The molecule has 0 aromatic carbocycles. The van der Waals surface area contributed by atoms with Gasteiger partial charge in [0.15, 0.2) is 0 Å². The molecule has 2 saturated carbocycles. The summed E-state index contributed by atoms with van der Waals surface area (Å²) in [6, 6.07) is 0. The first kappa shape index (κ1) is 20.7. The van der Waals surface area contributed by atoms with Crippen LogP contribution in [0.1, 0.15) is 40.5 Å². The van der Waals surface area contributed by atoms with Crippen LogP contribution < -0.4 is 0 Å². The van der Waals surface area contributed by atoms with Crippen LogP contribution in [0.3, 0.4) is 0 Å². The maximum atomic E-state index is 2.39. The minimum absolute atomic E-state index is 0. The van der Waals surface area contributed by atoms with E-state index in [0.717, 1.165) is 22.6 Å². The summed E-state index contributed by atoms with van der Waals surface area (Å²) in [6.07, 6.45) is 20.7. The van der Waals surface area contributed by atoms with E-state index in [1.54, 1.807) is 11.3 Å². The largest absolute Gasteiger partial charge is 2.00 e. The summed E-state index contributed by atoms with van der Waals surface area (Å²) in [5, 5.41) is 0. The van der Waals surface area contributed by atoms with E-state index in [9.17, 15) is 0 Å². The van der Waals surface area contributed by atoms with E-state index >= 15 is 0 Å². The van der Waals surface area contributed by atoms with Crippen LogP contribution in [0.5, 0.6) is 0 Å². The molecule has 2 aliphatic carbocycles. The molecule has 0 spiro atoms. The Labute approximate surface area is 158 Å². The van der Waals surface area contributed by atoms with Gasteiger partial charge in [-0.3, -0.25) is 0 Å². The Bertz CT molecular complexity index is 300. The predicted octanol–water partition coefficient (Wildman–Crippen LogP) is 6.02. The van der Waals surface area contributed by atoms with Gasteiger partial charge in [-0.2, -0.15) is 0 Å². The van der Waals surface area contributed by atoms with Crippen LogP contribution >= 0.6 is 15.8 Å². The van der Waals surface area contributed by atoms with Crippen molar-refractivity contribution >= 4 is 15.8 Å². The van der Waals surface area contributed by atoms with Crippen LogP contribution in [0.4, 0.5) is 0 Å². The summed E-state index contributed by atoms with van der Waals surface area (Å²) in [5.41, 5.74) is 7.13. The molecule has 23 heavy (non-hydrogen) atoms. The fourth-order valence-electron chi connectivity index (χ4n) is 4.12. The molecule has 4 atom stereocenters. The summed E-state index contributed by atoms with van der Waals surface area (Å²) in [4.78, 5) is 0. The first-order valence-corrected chi connectivity index (χ1v) is 11.5. The summed E-state index contributed by atoms with van der Waals surface area (Å²) >= 11 is 0.